The third-order valence-electron chi connectivity index (χ3n) is 2.97. The Balaban J connectivity index is 1.57. The Morgan fingerprint density at radius 3 is 3.00 bits per heavy atom. The maximum Gasteiger partial charge on any atom is 0.264 e. The predicted molar refractivity (Wildman–Crippen MR) is 90.9 cm³/mol. The van der Waals surface area contributed by atoms with E-state index in [9.17, 15) is 9.18 Å². The monoisotopic (exact) mass is 363 g/mol. The van der Waals surface area contributed by atoms with Crippen molar-refractivity contribution in [3.05, 3.63) is 58.9 Å². The molecule has 8 heteroatoms. The van der Waals surface area contributed by atoms with Crippen LogP contribution in [0.2, 0.25) is 5.02 Å². The molecule has 0 atom stereocenters. The summed E-state index contributed by atoms with van der Waals surface area (Å²) in [6, 6.07) is 7.59. The molecular weight excluding hydrogens is 353 g/mol. The molecule has 0 fully saturated rings. The summed E-state index contributed by atoms with van der Waals surface area (Å²) in [4.78, 5) is 20.2. The van der Waals surface area contributed by atoms with Crippen molar-refractivity contribution in [3.63, 3.8) is 0 Å². The lowest BCUT2D eigenvalue weighted by atomic mass is 10.2. The van der Waals surface area contributed by atoms with Gasteiger partial charge in [0.05, 0.1) is 10.7 Å². The van der Waals surface area contributed by atoms with Gasteiger partial charge in [-0.05, 0) is 24.3 Å². The van der Waals surface area contributed by atoms with Crippen molar-refractivity contribution in [2.75, 3.05) is 11.9 Å². The van der Waals surface area contributed by atoms with Gasteiger partial charge in [0.1, 0.15) is 11.6 Å². The molecule has 24 heavy (non-hydrogen) atoms. The molecule has 2 heterocycles. The third-order valence-corrected chi connectivity index (χ3v) is 4.02. The summed E-state index contributed by atoms with van der Waals surface area (Å²) < 4.78 is 18.3. The van der Waals surface area contributed by atoms with Crippen LogP contribution in [0.4, 0.5) is 9.52 Å². The van der Waals surface area contributed by atoms with E-state index in [1.165, 1.54) is 29.5 Å². The molecule has 0 radical (unpaired) electrons. The molecule has 3 aromatic rings. The number of thiazole rings is 1. The number of ether oxygens (including phenoxy) is 1. The van der Waals surface area contributed by atoms with Gasteiger partial charge in [-0.1, -0.05) is 11.6 Å². The van der Waals surface area contributed by atoms with Gasteiger partial charge in [-0.25, -0.2) is 9.37 Å². The van der Waals surface area contributed by atoms with Crippen LogP contribution in [0.15, 0.2) is 48.1 Å². The molecule has 1 amide bonds. The largest absolute Gasteiger partial charge is 0.484 e. The molecule has 0 spiro atoms. The summed E-state index contributed by atoms with van der Waals surface area (Å²) >= 11 is 6.95. The summed E-state index contributed by atoms with van der Waals surface area (Å²) in [7, 11) is 0. The first kappa shape index (κ1) is 16.4. The zero-order chi connectivity index (χ0) is 16.9. The Labute approximate surface area is 146 Å². The van der Waals surface area contributed by atoms with Gasteiger partial charge in [-0.15, -0.1) is 11.3 Å². The van der Waals surface area contributed by atoms with Crippen molar-refractivity contribution in [2.24, 2.45) is 0 Å². The highest BCUT2D eigenvalue weighted by Crippen LogP contribution is 2.24. The Bertz CT molecular complexity index is 858. The zero-order valence-corrected chi connectivity index (χ0v) is 13.8. The predicted octanol–water partition coefficient (Wildman–Crippen LogP) is 4.02. The summed E-state index contributed by atoms with van der Waals surface area (Å²) in [6.07, 6.45) is 3.37. The molecule has 0 bridgehead atoms. The van der Waals surface area contributed by atoms with Crippen LogP contribution in [0, 0.1) is 5.82 Å². The second kappa shape index (κ2) is 7.37. The van der Waals surface area contributed by atoms with E-state index in [4.69, 9.17) is 16.3 Å². The highest BCUT2D eigenvalue weighted by molar-refractivity contribution is 7.14. The molecule has 0 aliphatic heterocycles. The lowest BCUT2D eigenvalue weighted by Crippen LogP contribution is -2.20. The van der Waals surface area contributed by atoms with E-state index >= 15 is 0 Å². The van der Waals surface area contributed by atoms with Crippen LogP contribution in [0.1, 0.15) is 0 Å². The van der Waals surface area contributed by atoms with Gasteiger partial charge in [0.2, 0.25) is 0 Å². The normalized spacial score (nSPS) is 10.4. The Morgan fingerprint density at radius 2 is 2.25 bits per heavy atom. The van der Waals surface area contributed by atoms with Crippen LogP contribution in [-0.2, 0) is 4.79 Å². The van der Waals surface area contributed by atoms with Gasteiger partial charge >= 0.3 is 0 Å². The molecular formula is C16H11ClFN3O2S. The van der Waals surface area contributed by atoms with E-state index in [-0.39, 0.29) is 17.5 Å². The number of anilines is 1. The highest BCUT2D eigenvalue weighted by Gasteiger charge is 2.09. The number of hydrogen-bond donors (Lipinski definition) is 1. The van der Waals surface area contributed by atoms with Crippen LogP contribution in [0.25, 0.3) is 11.3 Å². The van der Waals surface area contributed by atoms with E-state index < -0.39 is 5.82 Å². The maximum absolute atomic E-state index is 13.0. The van der Waals surface area contributed by atoms with Crippen molar-refractivity contribution < 1.29 is 13.9 Å². The van der Waals surface area contributed by atoms with E-state index in [0.29, 0.717) is 10.9 Å². The summed E-state index contributed by atoms with van der Waals surface area (Å²) in [6.45, 7) is -0.232. The summed E-state index contributed by atoms with van der Waals surface area (Å²) in [5, 5.41) is 4.87. The quantitative estimate of drug-likeness (QED) is 0.743. The topological polar surface area (TPSA) is 64.1 Å². The van der Waals surface area contributed by atoms with Crippen LogP contribution >= 0.6 is 22.9 Å². The van der Waals surface area contributed by atoms with Crippen molar-refractivity contribution in [1.29, 1.82) is 0 Å². The second-order valence-electron chi connectivity index (χ2n) is 4.69. The Hall–Kier alpha value is -2.51. The van der Waals surface area contributed by atoms with Crippen LogP contribution < -0.4 is 10.1 Å². The number of nitrogens with zero attached hydrogens (tertiary/aromatic N) is 2. The van der Waals surface area contributed by atoms with Gasteiger partial charge in [0.15, 0.2) is 11.7 Å². The fraction of sp³-hybridized carbons (Fsp3) is 0.0625. The minimum Gasteiger partial charge on any atom is -0.484 e. The van der Waals surface area contributed by atoms with Gasteiger partial charge < -0.3 is 4.74 Å². The Kier molecular flexibility index (Phi) is 5.02. The minimum absolute atomic E-state index is 0.0612. The van der Waals surface area contributed by atoms with E-state index in [2.05, 4.69) is 15.3 Å². The second-order valence-corrected chi connectivity index (χ2v) is 5.96. The first-order valence-corrected chi connectivity index (χ1v) is 8.11. The molecule has 0 unspecified atom stereocenters. The fourth-order valence-corrected chi connectivity index (χ4v) is 2.76. The number of amides is 1. The van der Waals surface area contributed by atoms with E-state index in [1.807, 2.05) is 17.5 Å². The van der Waals surface area contributed by atoms with Crippen molar-refractivity contribution >= 4 is 34.0 Å². The molecule has 5 nitrogen and oxygen atoms in total. The zero-order valence-electron chi connectivity index (χ0n) is 12.2. The minimum atomic E-state index is -0.542. The highest BCUT2D eigenvalue weighted by atomic mass is 35.5. The number of hydrogen-bond acceptors (Lipinski definition) is 5. The number of carbonyl (C=O) groups is 1. The van der Waals surface area contributed by atoms with Crippen LogP contribution in [0.3, 0.4) is 0 Å². The number of pyridine rings is 1. The standard InChI is InChI=1S/C16H11ClFN3O2S/c17-12-6-11(3-4-13(12)18)23-8-15(22)21-16-20-14(9-24-16)10-2-1-5-19-7-10/h1-7,9H,8H2,(H,20,21,22). The van der Waals surface area contributed by atoms with Crippen LogP contribution in [-0.4, -0.2) is 22.5 Å². The molecule has 1 N–H and O–H groups in total. The number of nitrogens with one attached hydrogen (secondary N) is 1. The molecule has 0 aliphatic rings. The first-order chi connectivity index (χ1) is 11.6. The molecule has 122 valence electrons. The average molecular weight is 364 g/mol. The van der Waals surface area contributed by atoms with Gasteiger partial charge in [-0.3, -0.25) is 15.1 Å². The van der Waals surface area contributed by atoms with E-state index in [1.54, 1.807) is 12.4 Å². The van der Waals surface area contributed by atoms with Gasteiger partial charge in [0, 0.05) is 29.4 Å². The van der Waals surface area contributed by atoms with E-state index in [0.717, 1.165) is 11.3 Å². The number of carbonyl (C=O) groups excluding carboxylic acids is 1. The Morgan fingerprint density at radius 1 is 1.38 bits per heavy atom. The number of rotatable bonds is 5. The maximum atomic E-state index is 13.0. The molecule has 0 saturated carbocycles. The SMILES string of the molecule is O=C(COc1ccc(F)c(Cl)c1)Nc1nc(-c2cccnc2)cs1. The average Bonchev–Trinajstić information content (AvgIpc) is 3.05. The lowest BCUT2D eigenvalue weighted by Gasteiger charge is -2.06. The fourth-order valence-electron chi connectivity index (χ4n) is 1.85. The number of aromatic nitrogens is 2. The molecule has 1 aromatic carbocycles. The molecule has 0 aliphatic carbocycles. The molecule has 2 aromatic heterocycles. The van der Waals surface area contributed by atoms with Crippen LogP contribution in [0.5, 0.6) is 5.75 Å². The van der Waals surface area contributed by atoms with Crippen molar-refractivity contribution in [3.8, 4) is 17.0 Å². The first-order valence-electron chi connectivity index (χ1n) is 6.85. The van der Waals surface area contributed by atoms with Gasteiger partial charge in [0.25, 0.3) is 5.91 Å². The number of benzene rings is 1. The lowest BCUT2D eigenvalue weighted by molar-refractivity contribution is -0.118. The van der Waals surface area contributed by atoms with Crippen molar-refractivity contribution in [2.45, 2.75) is 0 Å². The van der Waals surface area contributed by atoms with Crippen molar-refractivity contribution in [1.82, 2.24) is 9.97 Å². The summed E-state index contributed by atoms with van der Waals surface area (Å²) in [5.74, 6) is -0.603. The third kappa shape index (κ3) is 4.06. The number of halogens is 2. The molecule has 3 rings (SSSR count). The smallest absolute Gasteiger partial charge is 0.264 e. The van der Waals surface area contributed by atoms with Gasteiger partial charge in [-0.2, -0.15) is 0 Å². The summed E-state index contributed by atoms with van der Waals surface area (Å²) in [5.41, 5.74) is 1.60. The molecule has 0 saturated heterocycles.